The number of thiazole rings is 1. The molecule has 0 spiro atoms. The van der Waals surface area contributed by atoms with Crippen LogP contribution in [0.3, 0.4) is 0 Å². The van der Waals surface area contributed by atoms with Crippen molar-refractivity contribution in [2.24, 2.45) is 11.8 Å². The van der Waals surface area contributed by atoms with Crippen LogP contribution in [0, 0.1) is 11.8 Å². The van der Waals surface area contributed by atoms with Gasteiger partial charge in [0.25, 0.3) is 0 Å². The number of morpholine rings is 1. The van der Waals surface area contributed by atoms with Crippen LogP contribution in [0.1, 0.15) is 31.4 Å². The maximum Gasteiger partial charge on any atom is 0.392 e. The Morgan fingerprint density at radius 3 is 2.76 bits per heavy atom. The molecule has 25 heavy (non-hydrogen) atoms. The van der Waals surface area contributed by atoms with E-state index in [2.05, 4.69) is 15.2 Å². The van der Waals surface area contributed by atoms with E-state index in [-0.39, 0.29) is 12.8 Å². The van der Waals surface area contributed by atoms with Crippen molar-refractivity contribution in [3.63, 3.8) is 0 Å². The summed E-state index contributed by atoms with van der Waals surface area (Å²) in [5.74, 6) is -3.12. The van der Waals surface area contributed by atoms with Gasteiger partial charge in [-0.3, -0.25) is 9.69 Å². The molecule has 1 saturated heterocycles. The SMILES string of the molecule is O=C(Nc1nc(CN2CCOCC2)cs1)C1CCCCC1C(F)(F)F. The predicted molar refractivity (Wildman–Crippen MR) is 88.3 cm³/mol. The minimum absolute atomic E-state index is 0.0295. The maximum absolute atomic E-state index is 13.1. The van der Waals surface area contributed by atoms with E-state index >= 15 is 0 Å². The summed E-state index contributed by atoms with van der Waals surface area (Å²) in [6.45, 7) is 3.69. The molecule has 0 aromatic carbocycles. The van der Waals surface area contributed by atoms with Crippen molar-refractivity contribution in [2.45, 2.75) is 38.4 Å². The zero-order valence-electron chi connectivity index (χ0n) is 13.8. The summed E-state index contributed by atoms with van der Waals surface area (Å²) in [6.07, 6.45) is -2.84. The van der Waals surface area contributed by atoms with E-state index in [9.17, 15) is 18.0 Å². The van der Waals surface area contributed by atoms with Gasteiger partial charge in [0.15, 0.2) is 5.13 Å². The molecule has 3 rings (SSSR count). The number of carbonyl (C=O) groups excluding carboxylic acids is 1. The lowest BCUT2D eigenvalue weighted by Crippen LogP contribution is -2.39. The van der Waals surface area contributed by atoms with Crippen LogP contribution in [0.4, 0.5) is 18.3 Å². The molecule has 1 aromatic rings. The van der Waals surface area contributed by atoms with E-state index in [1.54, 1.807) is 0 Å². The first kappa shape index (κ1) is 18.6. The number of nitrogens with one attached hydrogen (secondary N) is 1. The van der Waals surface area contributed by atoms with Crippen molar-refractivity contribution in [1.29, 1.82) is 0 Å². The molecular weight excluding hydrogens is 355 g/mol. The fourth-order valence-electron chi connectivity index (χ4n) is 3.46. The van der Waals surface area contributed by atoms with Gasteiger partial charge < -0.3 is 10.1 Å². The van der Waals surface area contributed by atoms with Crippen molar-refractivity contribution >= 4 is 22.4 Å². The highest BCUT2D eigenvalue weighted by Gasteiger charge is 2.48. The number of nitrogens with zero attached hydrogens (tertiary/aromatic N) is 2. The van der Waals surface area contributed by atoms with Gasteiger partial charge >= 0.3 is 6.18 Å². The number of hydrogen-bond donors (Lipinski definition) is 1. The summed E-state index contributed by atoms with van der Waals surface area (Å²) < 4.78 is 44.7. The summed E-state index contributed by atoms with van der Waals surface area (Å²) in [4.78, 5) is 18.9. The van der Waals surface area contributed by atoms with Gasteiger partial charge in [0.05, 0.1) is 24.8 Å². The third kappa shape index (κ3) is 4.92. The van der Waals surface area contributed by atoms with Crippen LogP contribution in [0.5, 0.6) is 0 Å². The third-order valence-corrected chi connectivity index (χ3v) is 5.60. The van der Waals surface area contributed by atoms with E-state index < -0.39 is 23.9 Å². The second-order valence-electron chi connectivity index (χ2n) is 6.56. The number of alkyl halides is 3. The molecule has 1 N–H and O–H groups in total. The van der Waals surface area contributed by atoms with Crippen molar-refractivity contribution in [3.8, 4) is 0 Å². The Kier molecular flexibility index (Phi) is 5.96. The number of rotatable bonds is 4. The normalized spacial score (nSPS) is 25.7. The first-order chi connectivity index (χ1) is 11.9. The van der Waals surface area contributed by atoms with Crippen LogP contribution < -0.4 is 5.32 Å². The maximum atomic E-state index is 13.1. The molecule has 2 unspecified atom stereocenters. The molecule has 140 valence electrons. The molecule has 2 atom stereocenters. The predicted octanol–water partition coefficient (Wildman–Crippen LogP) is 3.28. The lowest BCUT2D eigenvalue weighted by molar-refractivity contribution is -0.197. The van der Waals surface area contributed by atoms with Crippen LogP contribution in [0.15, 0.2) is 5.38 Å². The standard InChI is InChI=1S/C16H22F3N3O2S/c17-16(18,19)13-4-2-1-3-12(13)14(23)21-15-20-11(10-25-15)9-22-5-7-24-8-6-22/h10,12-13H,1-9H2,(H,20,21,23). The smallest absolute Gasteiger partial charge is 0.379 e. The van der Waals surface area contributed by atoms with Gasteiger partial charge in [-0.25, -0.2) is 4.98 Å². The van der Waals surface area contributed by atoms with Gasteiger partial charge in [-0.1, -0.05) is 12.8 Å². The zero-order chi connectivity index (χ0) is 17.9. The first-order valence-electron chi connectivity index (χ1n) is 8.55. The van der Waals surface area contributed by atoms with Gasteiger partial charge in [-0.2, -0.15) is 13.2 Å². The molecule has 1 saturated carbocycles. The highest BCUT2D eigenvalue weighted by molar-refractivity contribution is 7.13. The minimum Gasteiger partial charge on any atom is -0.379 e. The number of aromatic nitrogens is 1. The molecule has 2 heterocycles. The number of carbonyl (C=O) groups is 1. The van der Waals surface area contributed by atoms with Crippen LogP contribution in [0.2, 0.25) is 0 Å². The second-order valence-corrected chi connectivity index (χ2v) is 7.42. The Bertz CT molecular complexity index is 587. The molecule has 9 heteroatoms. The monoisotopic (exact) mass is 377 g/mol. The molecule has 2 aliphatic rings. The summed E-state index contributed by atoms with van der Waals surface area (Å²) in [7, 11) is 0. The van der Waals surface area contributed by atoms with Gasteiger partial charge in [0.2, 0.25) is 5.91 Å². The number of halogens is 3. The van der Waals surface area contributed by atoms with E-state index in [1.165, 1.54) is 11.3 Å². The average molecular weight is 377 g/mol. The molecule has 0 radical (unpaired) electrons. The Morgan fingerprint density at radius 2 is 2.04 bits per heavy atom. The molecular formula is C16H22F3N3O2S. The Morgan fingerprint density at radius 1 is 1.32 bits per heavy atom. The Hall–Kier alpha value is -1.19. The third-order valence-electron chi connectivity index (χ3n) is 4.79. The van der Waals surface area contributed by atoms with E-state index in [0.29, 0.717) is 37.7 Å². The minimum atomic E-state index is -4.33. The molecule has 1 aliphatic carbocycles. The summed E-state index contributed by atoms with van der Waals surface area (Å²) in [6, 6.07) is 0. The average Bonchev–Trinajstić information content (AvgIpc) is 3.02. The lowest BCUT2D eigenvalue weighted by Gasteiger charge is -2.31. The van der Waals surface area contributed by atoms with Crippen LogP contribution in [0.25, 0.3) is 0 Å². The highest BCUT2D eigenvalue weighted by Crippen LogP contribution is 2.42. The van der Waals surface area contributed by atoms with Crippen molar-refractivity contribution < 1.29 is 22.7 Å². The van der Waals surface area contributed by atoms with E-state index in [1.807, 2.05) is 5.38 Å². The molecule has 0 bridgehead atoms. The van der Waals surface area contributed by atoms with Crippen molar-refractivity contribution in [2.75, 3.05) is 31.6 Å². The molecule has 2 fully saturated rings. The largest absolute Gasteiger partial charge is 0.392 e. The van der Waals surface area contributed by atoms with Gasteiger partial charge in [-0.15, -0.1) is 11.3 Å². The molecule has 1 aromatic heterocycles. The fourth-order valence-corrected chi connectivity index (χ4v) is 4.16. The second kappa shape index (κ2) is 8.01. The quantitative estimate of drug-likeness (QED) is 0.875. The van der Waals surface area contributed by atoms with Crippen LogP contribution in [-0.4, -0.2) is 48.3 Å². The molecule has 1 amide bonds. The van der Waals surface area contributed by atoms with Crippen LogP contribution in [-0.2, 0) is 16.1 Å². The number of anilines is 1. The van der Waals surface area contributed by atoms with E-state index in [0.717, 1.165) is 18.8 Å². The highest BCUT2D eigenvalue weighted by atomic mass is 32.1. The first-order valence-corrected chi connectivity index (χ1v) is 9.43. The number of amides is 1. The number of ether oxygens (including phenoxy) is 1. The van der Waals surface area contributed by atoms with Crippen LogP contribution >= 0.6 is 11.3 Å². The zero-order valence-corrected chi connectivity index (χ0v) is 14.7. The summed E-state index contributed by atoms with van der Waals surface area (Å²) >= 11 is 1.26. The topological polar surface area (TPSA) is 54.5 Å². The van der Waals surface area contributed by atoms with Crippen molar-refractivity contribution in [1.82, 2.24) is 9.88 Å². The molecule has 5 nitrogen and oxygen atoms in total. The fraction of sp³-hybridized carbons (Fsp3) is 0.750. The Balaban J connectivity index is 1.58. The van der Waals surface area contributed by atoms with Gasteiger partial charge in [-0.05, 0) is 12.8 Å². The lowest BCUT2D eigenvalue weighted by atomic mass is 9.78. The summed E-state index contributed by atoms with van der Waals surface area (Å²) in [5.41, 5.74) is 0.818. The van der Waals surface area contributed by atoms with Gasteiger partial charge in [0.1, 0.15) is 0 Å². The van der Waals surface area contributed by atoms with Crippen molar-refractivity contribution in [3.05, 3.63) is 11.1 Å². The Labute approximate surface area is 148 Å². The summed E-state index contributed by atoms with van der Waals surface area (Å²) in [5, 5.41) is 4.81. The van der Waals surface area contributed by atoms with E-state index in [4.69, 9.17) is 4.74 Å². The molecule has 1 aliphatic heterocycles. The number of hydrogen-bond acceptors (Lipinski definition) is 5. The van der Waals surface area contributed by atoms with Gasteiger partial charge in [0, 0.05) is 30.9 Å².